The van der Waals surface area contributed by atoms with E-state index in [1.165, 1.54) is 0 Å². The molecule has 2 aromatic heterocycles. The molecule has 4 N–H and O–H groups in total. The molecule has 0 saturated carbocycles. The molecule has 2 heterocycles. The Balaban J connectivity index is 1.91. The van der Waals surface area contributed by atoms with Crippen molar-refractivity contribution in [3.05, 3.63) is 76.8 Å². The van der Waals surface area contributed by atoms with Gasteiger partial charge in [0.2, 0.25) is 5.91 Å². The fourth-order valence-corrected chi connectivity index (χ4v) is 4.88. The first kappa shape index (κ1) is 17.5. The molecule has 1 unspecified atom stereocenters. The lowest BCUT2D eigenvalue weighted by atomic mass is 9.90. The van der Waals surface area contributed by atoms with Crippen molar-refractivity contribution in [1.82, 2.24) is 9.78 Å². The predicted octanol–water partition coefficient (Wildman–Crippen LogP) is 3.49. The Hall–Kier alpha value is -2.96. The number of nitrogens with two attached hydrogens (primary N) is 2. The zero-order valence-corrected chi connectivity index (χ0v) is 15.7. The summed E-state index contributed by atoms with van der Waals surface area (Å²) in [6.07, 6.45) is 1.74. The van der Waals surface area contributed by atoms with Crippen LogP contribution in [0.2, 0.25) is 0 Å². The van der Waals surface area contributed by atoms with Crippen molar-refractivity contribution in [3.63, 3.8) is 0 Å². The Kier molecular flexibility index (Phi) is 4.51. The van der Waals surface area contributed by atoms with E-state index in [0.29, 0.717) is 12.1 Å². The van der Waals surface area contributed by atoms with Gasteiger partial charge in [-0.25, -0.2) is 0 Å². The first-order valence-electron chi connectivity index (χ1n) is 8.69. The lowest BCUT2D eigenvalue weighted by molar-refractivity contribution is 0.1000. The van der Waals surface area contributed by atoms with Crippen molar-refractivity contribution < 1.29 is 4.79 Å². The summed E-state index contributed by atoms with van der Waals surface area (Å²) in [5.41, 5.74) is 14.5. The summed E-state index contributed by atoms with van der Waals surface area (Å²) in [6.45, 7) is 0.389. The number of rotatable bonds is 5. The van der Waals surface area contributed by atoms with Crippen LogP contribution in [0.5, 0.6) is 0 Å². The topological polar surface area (TPSA) is 86.9 Å². The van der Waals surface area contributed by atoms with Crippen LogP contribution >= 0.6 is 11.3 Å². The zero-order valence-electron chi connectivity index (χ0n) is 14.9. The largest absolute Gasteiger partial charge is 0.366 e. The van der Waals surface area contributed by atoms with Gasteiger partial charge in [-0.3, -0.25) is 9.48 Å². The van der Waals surface area contributed by atoms with E-state index in [9.17, 15) is 4.79 Å². The standard InChI is InChI=1S/C21H20N4OS/c1-25-18(9-10-24-25)19-11-16(21(23)26)20(27-19)17(12-22)15-8-4-6-13-5-2-3-7-14(13)15/h2-11,17H,12,22H2,1H3,(H2,23,26). The molecule has 0 aliphatic heterocycles. The van der Waals surface area contributed by atoms with Gasteiger partial charge in [-0.2, -0.15) is 5.10 Å². The third kappa shape index (κ3) is 3.03. The van der Waals surface area contributed by atoms with Crippen LogP contribution in [0.4, 0.5) is 0 Å². The van der Waals surface area contributed by atoms with Gasteiger partial charge in [-0.15, -0.1) is 11.3 Å². The van der Waals surface area contributed by atoms with E-state index in [-0.39, 0.29) is 5.92 Å². The highest BCUT2D eigenvalue weighted by Crippen LogP contribution is 2.39. The number of carbonyl (C=O) groups is 1. The van der Waals surface area contributed by atoms with Crippen LogP contribution in [0.1, 0.15) is 26.7 Å². The maximum Gasteiger partial charge on any atom is 0.249 e. The van der Waals surface area contributed by atoms with Crippen molar-refractivity contribution in [1.29, 1.82) is 0 Å². The summed E-state index contributed by atoms with van der Waals surface area (Å²) >= 11 is 1.55. The highest BCUT2D eigenvalue weighted by atomic mass is 32.1. The third-order valence-electron chi connectivity index (χ3n) is 4.85. The van der Waals surface area contributed by atoms with E-state index in [2.05, 4.69) is 29.4 Å². The summed E-state index contributed by atoms with van der Waals surface area (Å²) < 4.78 is 1.79. The molecule has 0 bridgehead atoms. The minimum Gasteiger partial charge on any atom is -0.366 e. The quantitative estimate of drug-likeness (QED) is 0.559. The van der Waals surface area contributed by atoms with Crippen molar-refractivity contribution >= 4 is 28.0 Å². The van der Waals surface area contributed by atoms with Crippen LogP contribution in [-0.2, 0) is 7.05 Å². The van der Waals surface area contributed by atoms with Crippen LogP contribution in [0.3, 0.4) is 0 Å². The summed E-state index contributed by atoms with van der Waals surface area (Å²) in [5, 5.41) is 6.51. The number of primary amides is 1. The van der Waals surface area contributed by atoms with Crippen molar-refractivity contribution in [2.45, 2.75) is 5.92 Å². The molecular formula is C21H20N4OS. The molecule has 2 aromatic carbocycles. The average Bonchev–Trinajstić information content (AvgIpc) is 3.29. The Morgan fingerprint density at radius 3 is 2.67 bits per heavy atom. The highest BCUT2D eigenvalue weighted by molar-refractivity contribution is 7.16. The number of amides is 1. The molecule has 6 heteroatoms. The summed E-state index contributed by atoms with van der Waals surface area (Å²) in [7, 11) is 1.88. The highest BCUT2D eigenvalue weighted by Gasteiger charge is 2.24. The zero-order chi connectivity index (χ0) is 19.0. The van der Waals surface area contributed by atoms with Crippen LogP contribution < -0.4 is 11.5 Å². The number of thiophene rings is 1. The number of fused-ring (bicyclic) bond motifs is 1. The lowest BCUT2D eigenvalue weighted by Gasteiger charge is -2.17. The van der Waals surface area contributed by atoms with E-state index in [0.717, 1.165) is 31.8 Å². The molecular weight excluding hydrogens is 356 g/mol. The molecule has 4 rings (SSSR count). The Morgan fingerprint density at radius 1 is 1.19 bits per heavy atom. The smallest absolute Gasteiger partial charge is 0.249 e. The number of hydrogen-bond acceptors (Lipinski definition) is 4. The van der Waals surface area contributed by atoms with Crippen molar-refractivity contribution in [2.24, 2.45) is 18.5 Å². The van der Waals surface area contributed by atoms with Gasteiger partial charge in [0.15, 0.2) is 0 Å². The lowest BCUT2D eigenvalue weighted by Crippen LogP contribution is -2.18. The van der Waals surface area contributed by atoms with Gasteiger partial charge in [0.25, 0.3) is 0 Å². The monoisotopic (exact) mass is 376 g/mol. The maximum absolute atomic E-state index is 12.2. The molecule has 5 nitrogen and oxygen atoms in total. The van der Waals surface area contributed by atoms with E-state index < -0.39 is 5.91 Å². The minimum absolute atomic E-state index is 0.106. The molecule has 4 aromatic rings. The second kappa shape index (κ2) is 6.98. The SMILES string of the molecule is Cn1nccc1-c1cc(C(N)=O)c(C(CN)c2cccc3ccccc23)s1. The molecule has 0 radical (unpaired) electrons. The van der Waals surface area contributed by atoms with Crippen LogP contribution in [0.25, 0.3) is 21.3 Å². The molecule has 0 aliphatic carbocycles. The van der Waals surface area contributed by atoms with Gasteiger partial charge < -0.3 is 11.5 Å². The van der Waals surface area contributed by atoms with Gasteiger partial charge >= 0.3 is 0 Å². The van der Waals surface area contributed by atoms with E-state index >= 15 is 0 Å². The second-order valence-corrected chi connectivity index (χ2v) is 7.53. The molecule has 1 amide bonds. The van der Waals surface area contributed by atoms with E-state index in [1.54, 1.807) is 22.2 Å². The first-order chi connectivity index (χ1) is 13.1. The Morgan fingerprint density at radius 2 is 1.96 bits per heavy atom. The summed E-state index contributed by atoms with van der Waals surface area (Å²) in [4.78, 5) is 14.0. The normalized spacial score (nSPS) is 12.4. The van der Waals surface area contributed by atoms with Gasteiger partial charge in [0.1, 0.15) is 0 Å². The molecule has 0 saturated heterocycles. The van der Waals surface area contributed by atoms with Crippen molar-refractivity contribution in [2.75, 3.05) is 6.54 Å². The number of aromatic nitrogens is 2. The van der Waals surface area contributed by atoms with Crippen LogP contribution in [0.15, 0.2) is 60.8 Å². The predicted molar refractivity (Wildman–Crippen MR) is 110 cm³/mol. The molecule has 0 spiro atoms. The van der Waals surface area contributed by atoms with Crippen LogP contribution in [-0.4, -0.2) is 22.2 Å². The number of hydrogen-bond donors (Lipinski definition) is 2. The number of aryl methyl sites for hydroxylation is 1. The fourth-order valence-electron chi connectivity index (χ4n) is 3.53. The molecule has 27 heavy (non-hydrogen) atoms. The molecule has 0 fully saturated rings. The van der Waals surface area contributed by atoms with Crippen molar-refractivity contribution in [3.8, 4) is 10.6 Å². The number of benzene rings is 2. The Bertz CT molecular complexity index is 1120. The maximum atomic E-state index is 12.2. The molecule has 0 aliphatic rings. The van der Waals surface area contributed by atoms with Gasteiger partial charge in [0, 0.05) is 30.6 Å². The summed E-state index contributed by atoms with van der Waals surface area (Å²) in [6, 6.07) is 18.2. The van der Waals surface area contributed by atoms with Gasteiger partial charge in [-0.05, 0) is 28.5 Å². The third-order valence-corrected chi connectivity index (χ3v) is 6.12. The van der Waals surface area contributed by atoms with Gasteiger partial charge in [0.05, 0.1) is 16.1 Å². The summed E-state index contributed by atoms with van der Waals surface area (Å²) in [5.74, 6) is -0.543. The van der Waals surface area contributed by atoms with Gasteiger partial charge in [-0.1, -0.05) is 42.5 Å². The van der Waals surface area contributed by atoms with Crippen LogP contribution in [0, 0.1) is 0 Å². The molecule has 136 valence electrons. The van der Waals surface area contributed by atoms with E-state index in [1.807, 2.05) is 37.4 Å². The molecule has 1 atom stereocenters. The van der Waals surface area contributed by atoms with E-state index in [4.69, 9.17) is 11.5 Å². The second-order valence-electron chi connectivity index (χ2n) is 6.45. The number of nitrogens with zero attached hydrogens (tertiary/aromatic N) is 2. The number of carbonyl (C=O) groups excluding carboxylic acids is 1. The fraction of sp³-hybridized carbons (Fsp3) is 0.143. The first-order valence-corrected chi connectivity index (χ1v) is 9.51. The average molecular weight is 376 g/mol. The minimum atomic E-state index is -0.437. The Labute approximate surface area is 161 Å².